The smallest absolute Gasteiger partial charge is 0.271 e. The van der Waals surface area contributed by atoms with Gasteiger partial charge in [-0.1, -0.05) is 22.0 Å². The van der Waals surface area contributed by atoms with Gasteiger partial charge >= 0.3 is 0 Å². The minimum Gasteiger partial charge on any atom is -0.496 e. The number of methoxy groups -OCH3 is 2. The Morgan fingerprint density at radius 2 is 1.87 bits per heavy atom. The molecule has 0 bridgehead atoms. The largest absolute Gasteiger partial charge is 0.496 e. The number of benzene rings is 2. The first-order valence-electron chi connectivity index (χ1n) is 6.55. The maximum absolute atomic E-state index is 12.0. The highest BCUT2D eigenvalue weighted by atomic mass is 79.9. The number of carbonyl (C=O) groups excluding carboxylic acids is 1. The summed E-state index contributed by atoms with van der Waals surface area (Å²) in [6.45, 7) is 0. The number of rotatable bonds is 5. The number of nitrogens with one attached hydrogen (secondary N) is 1. The van der Waals surface area contributed by atoms with Crippen molar-refractivity contribution in [1.29, 1.82) is 0 Å². The summed E-state index contributed by atoms with van der Waals surface area (Å²) in [6, 6.07) is 10.6. The summed E-state index contributed by atoms with van der Waals surface area (Å²) in [5.41, 5.74) is 3.70. The first-order valence-corrected chi connectivity index (χ1v) is 8.14. The molecule has 0 spiro atoms. The van der Waals surface area contributed by atoms with Crippen molar-refractivity contribution in [2.75, 3.05) is 14.2 Å². The Hall–Kier alpha value is -1.86. The molecule has 0 aliphatic heterocycles. The van der Waals surface area contributed by atoms with Crippen LogP contribution in [0.3, 0.4) is 0 Å². The second kappa shape index (κ2) is 8.12. The van der Waals surface area contributed by atoms with Crippen LogP contribution < -0.4 is 14.9 Å². The van der Waals surface area contributed by atoms with Gasteiger partial charge in [-0.15, -0.1) is 0 Å². The molecule has 2 aromatic carbocycles. The van der Waals surface area contributed by atoms with Crippen molar-refractivity contribution in [1.82, 2.24) is 5.43 Å². The molecule has 0 aliphatic carbocycles. The Kier molecular flexibility index (Phi) is 6.18. The van der Waals surface area contributed by atoms with E-state index < -0.39 is 0 Å². The molecule has 1 N–H and O–H groups in total. The van der Waals surface area contributed by atoms with Crippen LogP contribution in [0, 0.1) is 0 Å². The number of halogens is 2. The molecular formula is C16H14Br2N2O3. The topological polar surface area (TPSA) is 59.9 Å². The van der Waals surface area contributed by atoms with Crippen LogP contribution in [0.15, 0.2) is 50.4 Å². The second-order valence-corrected chi connectivity index (χ2v) is 6.21. The SMILES string of the molecule is COc1cc(OC)c(C=NNC(=O)c2cccc(Br)c2)cc1Br. The quantitative estimate of drug-likeness (QED) is 0.563. The molecule has 0 aliphatic rings. The van der Waals surface area contributed by atoms with E-state index in [1.54, 1.807) is 44.6 Å². The molecule has 120 valence electrons. The molecule has 2 rings (SSSR count). The van der Waals surface area contributed by atoms with Crippen LogP contribution in [-0.4, -0.2) is 26.3 Å². The molecule has 23 heavy (non-hydrogen) atoms. The fourth-order valence-electron chi connectivity index (χ4n) is 1.84. The molecule has 7 heteroatoms. The van der Waals surface area contributed by atoms with Crippen LogP contribution in [0.5, 0.6) is 11.5 Å². The average Bonchev–Trinajstić information content (AvgIpc) is 2.55. The van der Waals surface area contributed by atoms with Crippen LogP contribution in [-0.2, 0) is 0 Å². The third kappa shape index (κ3) is 4.56. The molecule has 2 aromatic rings. The van der Waals surface area contributed by atoms with E-state index in [0.29, 0.717) is 22.6 Å². The highest BCUT2D eigenvalue weighted by Gasteiger charge is 2.08. The van der Waals surface area contributed by atoms with Gasteiger partial charge in [0.15, 0.2) is 0 Å². The lowest BCUT2D eigenvalue weighted by Gasteiger charge is -2.09. The minimum absolute atomic E-state index is 0.297. The lowest BCUT2D eigenvalue weighted by Crippen LogP contribution is -2.17. The van der Waals surface area contributed by atoms with E-state index in [9.17, 15) is 4.79 Å². The van der Waals surface area contributed by atoms with Gasteiger partial charge in [0.2, 0.25) is 0 Å². The molecule has 0 fully saturated rings. The number of nitrogens with zero attached hydrogens (tertiary/aromatic N) is 1. The van der Waals surface area contributed by atoms with Crippen molar-refractivity contribution in [2.24, 2.45) is 5.10 Å². The number of hydrogen-bond acceptors (Lipinski definition) is 4. The van der Waals surface area contributed by atoms with E-state index in [2.05, 4.69) is 42.4 Å². The van der Waals surface area contributed by atoms with Gasteiger partial charge in [0.25, 0.3) is 5.91 Å². The van der Waals surface area contributed by atoms with Crippen LogP contribution in [0.4, 0.5) is 0 Å². The standard InChI is InChI=1S/C16H14Br2N2O3/c1-22-14-8-15(23-2)13(18)7-11(14)9-19-20-16(21)10-4-3-5-12(17)6-10/h3-9H,1-2H3,(H,20,21). The summed E-state index contributed by atoms with van der Waals surface area (Å²) >= 11 is 6.73. The van der Waals surface area contributed by atoms with E-state index in [0.717, 1.165) is 8.95 Å². The van der Waals surface area contributed by atoms with Crippen LogP contribution in [0.25, 0.3) is 0 Å². The number of hydrogen-bond donors (Lipinski definition) is 1. The summed E-state index contributed by atoms with van der Waals surface area (Å²) in [6.07, 6.45) is 1.51. The van der Waals surface area contributed by atoms with Gasteiger partial charge in [-0.05, 0) is 40.2 Å². The number of amides is 1. The zero-order chi connectivity index (χ0) is 16.8. The highest BCUT2D eigenvalue weighted by Crippen LogP contribution is 2.31. The van der Waals surface area contributed by atoms with Crippen molar-refractivity contribution in [2.45, 2.75) is 0 Å². The molecule has 0 saturated carbocycles. The van der Waals surface area contributed by atoms with E-state index in [-0.39, 0.29) is 5.91 Å². The third-order valence-electron chi connectivity index (χ3n) is 2.96. The maximum atomic E-state index is 12.0. The number of ether oxygens (including phenoxy) is 2. The molecule has 1 amide bonds. The lowest BCUT2D eigenvalue weighted by atomic mass is 10.2. The Morgan fingerprint density at radius 1 is 1.13 bits per heavy atom. The van der Waals surface area contributed by atoms with Crippen molar-refractivity contribution in [3.63, 3.8) is 0 Å². The maximum Gasteiger partial charge on any atom is 0.271 e. The van der Waals surface area contributed by atoms with Crippen LogP contribution in [0.2, 0.25) is 0 Å². The predicted octanol–water partition coefficient (Wildman–Crippen LogP) is 3.99. The van der Waals surface area contributed by atoms with Crippen molar-refractivity contribution in [3.05, 3.63) is 56.5 Å². The molecule has 0 radical (unpaired) electrons. The Morgan fingerprint density at radius 3 is 2.52 bits per heavy atom. The van der Waals surface area contributed by atoms with Gasteiger partial charge in [0.1, 0.15) is 11.5 Å². The van der Waals surface area contributed by atoms with E-state index in [1.165, 1.54) is 6.21 Å². The monoisotopic (exact) mass is 440 g/mol. The van der Waals surface area contributed by atoms with Gasteiger partial charge in [-0.2, -0.15) is 5.10 Å². The van der Waals surface area contributed by atoms with Gasteiger partial charge in [0, 0.05) is 21.7 Å². The fraction of sp³-hybridized carbons (Fsp3) is 0.125. The zero-order valence-corrected chi connectivity index (χ0v) is 15.6. The minimum atomic E-state index is -0.297. The van der Waals surface area contributed by atoms with E-state index in [1.807, 2.05) is 6.07 Å². The van der Waals surface area contributed by atoms with Crippen molar-refractivity contribution < 1.29 is 14.3 Å². The molecule has 0 atom stereocenters. The molecule has 0 aromatic heterocycles. The van der Waals surface area contributed by atoms with Crippen LogP contribution in [0.1, 0.15) is 15.9 Å². The summed E-state index contributed by atoms with van der Waals surface area (Å²) in [5, 5.41) is 3.97. The molecule has 0 heterocycles. The van der Waals surface area contributed by atoms with Gasteiger partial charge in [-0.3, -0.25) is 4.79 Å². The molecule has 0 unspecified atom stereocenters. The summed E-state index contributed by atoms with van der Waals surface area (Å²) in [7, 11) is 3.13. The van der Waals surface area contributed by atoms with E-state index in [4.69, 9.17) is 9.47 Å². The highest BCUT2D eigenvalue weighted by molar-refractivity contribution is 9.10. The van der Waals surface area contributed by atoms with Gasteiger partial charge < -0.3 is 9.47 Å². The normalized spacial score (nSPS) is 10.6. The summed E-state index contributed by atoms with van der Waals surface area (Å²) in [5.74, 6) is 0.941. The second-order valence-electron chi connectivity index (χ2n) is 4.44. The Balaban J connectivity index is 2.14. The molecule has 5 nitrogen and oxygen atoms in total. The van der Waals surface area contributed by atoms with Crippen LogP contribution >= 0.6 is 31.9 Å². The molecular weight excluding hydrogens is 428 g/mol. The van der Waals surface area contributed by atoms with Gasteiger partial charge in [0.05, 0.1) is 24.9 Å². The zero-order valence-electron chi connectivity index (χ0n) is 12.5. The number of carbonyl (C=O) groups is 1. The third-order valence-corrected chi connectivity index (χ3v) is 4.07. The summed E-state index contributed by atoms with van der Waals surface area (Å²) in [4.78, 5) is 12.0. The van der Waals surface area contributed by atoms with Gasteiger partial charge in [-0.25, -0.2) is 5.43 Å². The Labute approximate surface area is 150 Å². The van der Waals surface area contributed by atoms with E-state index >= 15 is 0 Å². The number of hydrazone groups is 1. The fourth-order valence-corrected chi connectivity index (χ4v) is 2.76. The first-order chi connectivity index (χ1) is 11.0. The molecule has 0 saturated heterocycles. The lowest BCUT2D eigenvalue weighted by molar-refractivity contribution is 0.0955. The van der Waals surface area contributed by atoms with Crippen molar-refractivity contribution >= 4 is 44.0 Å². The Bertz CT molecular complexity index is 748. The summed E-state index contributed by atoms with van der Waals surface area (Å²) < 4.78 is 12.1. The average molecular weight is 442 g/mol. The van der Waals surface area contributed by atoms with Crippen molar-refractivity contribution in [3.8, 4) is 11.5 Å². The first kappa shape index (κ1) is 17.5. The predicted molar refractivity (Wildman–Crippen MR) is 96.4 cm³/mol.